The van der Waals surface area contributed by atoms with Gasteiger partial charge in [-0.05, 0) is 25.3 Å². The number of hydrogen-bond acceptors (Lipinski definition) is 6. The van der Waals surface area contributed by atoms with Crippen molar-refractivity contribution in [3.63, 3.8) is 0 Å². The molecule has 0 saturated heterocycles. The zero-order valence-corrected chi connectivity index (χ0v) is 13.5. The highest BCUT2D eigenvalue weighted by Crippen LogP contribution is 2.30. The number of amides is 1. The van der Waals surface area contributed by atoms with Crippen LogP contribution in [0.25, 0.3) is 0 Å². The molecule has 1 amide bonds. The van der Waals surface area contributed by atoms with E-state index in [1.165, 1.54) is 0 Å². The monoisotopic (exact) mass is 325 g/mol. The van der Waals surface area contributed by atoms with Crippen molar-refractivity contribution in [1.29, 1.82) is 0 Å². The predicted octanol–water partition coefficient (Wildman–Crippen LogP) is 3.42. The average Bonchev–Trinajstić information content (AvgIpc) is 2.84. The molecule has 112 valence electrons. The molecule has 0 fully saturated rings. The number of carbonyl (C=O) groups excluding carboxylic acids is 1. The number of nitrogens with zero attached hydrogens (tertiary/aromatic N) is 3. The van der Waals surface area contributed by atoms with E-state index < -0.39 is 0 Å². The van der Waals surface area contributed by atoms with E-state index in [-0.39, 0.29) is 17.9 Å². The topological polar surface area (TPSA) is 79.8 Å². The van der Waals surface area contributed by atoms with Gasteiger partial charge in [0, 0.05) is 11.3 Å². The number of thiophene rings is 1. The van der Waals surface area contributed by atoms with Crippen LogP contribution in [0, 0.1) is 6.92 Å². The van der Waals surface area contributed by atoms with E-state index in [0.29, 0.717) is 23.2 Å². The van der Waals surface area contributed by atoms with Crippen LogP contribution < -0.4 is 10.6 Å². The highest BCUT2D eigenvalue weighted by Gasteiger charge is 2.14. The van der Waals surface area contributed by atoms with E-state index in [4.69, 9.17) is 11.6 Å². The van der Waals surface area contributed by atoms with Crippen LogP contribution in [0.4, 0.5) is 11.9 Å². The Morgan fingerprint density at radius 2 is 2.10 bits per heavy atom. The fourth-order valence-corrected chi connectivity index (χ4v) is 2.92. The van der Waals surface area contributed by atoms with Gasteiger partial charge in [0.1, 0.15) is 5.82 Å². The Hall–Kier alpha value is -1.73. The molecule has 1 unspecified atom stereocenters. The second kappa shape index (κ2) is 6.82. The summed E-state index contributed by atoms with van der Waals surface area (Å²) in [5, 5.41) is 8.44. The molecule has 8 heteroatoms. The molecule has 21 heavy (non-hydrogen) atoms. The first kappa shape index (κ1) is 15.7. The van der Waals surface area contributed by atoms with Crippen molar-refractivity contribution in [2.24, 2.45) is 0 Å². The fourth-order valence-electron chi connectivity index (χ4n) is 1.69. The minimum Gasteiger partial charge on any atom is -0.347 e. The second-order valence-corrected chi connectivity index (χ2v) is 5.79. The summed E-state index contributed by atoms with van der Waals surface area (Å²) in [6.07, 6.45) is 0.370. The quantitative estimate of drug-likeness (QED) is 0.880. The molecular weight excluding hydrogens is 310 g/mol. The number of aromatic nitrogens is 3. The largest absolute Gasteiger partial charge is 0.347 e. The van der Waals surface area contributed by atoms with Crippen LogP contribution in [-0.2, 0) is 4.79 Å². The zero-order chi connectivity index (χ0) is 15.4. The van der Waals surface area contributed by atoms with Gasteiger partial charge in [-0.25, -0.2) is 0 Å². The van der Waals surface area contributed by atoms with E-state index >= 15 is 0 Å². The van der Waals surface area contributed by atoms with Crippen molar-refractivity contribution in [1.82, 2.24) is 15.0 Å². The van der Waals surface area contributed by atoms with Crippen LogP contribution in [-0.4, -0.2) is 20.9 Å². The molecule has 1 atom stereocenters. The molecule has 0 aliphatic carbocycles. The van der Waals surface area contributed by atoms with Gasteiger partial charge >= 0.3 is 0 Å². The van der Waals surface area contributed by atoms with Crippen LogP contribution in [0.1, 0.15) is 37.0 Å². The van der Waals surface area contributed by atoms with Gasteiger partial charge in [-0.1, -0.05) is 18.5 Å². The molecule has 2 heterocycles. The van der Waals surface area contributed by atoms with E-state index in [2.05, 4.69) is 25.6 Å². The van der Waals surface area contributed by atoms with Gasteiger partial charge in [0.25, 0.3) is 0 Å². The summed E-state index contributed by atoms with van der Waals surface area (Å²) in [7, 11) is 0. The number of nitrogens with one attached hydrogen (secondary N) is 2. The molecule has 2 aromatic heterocycles. The van der Waals surface area contributed by atoms with Gasteiger partial charge in [0.2, 0.25) is 17.8 Å². The van der Waals surface area contributed by atoms with Crippen molar-refractivity contribution in [2.75, 3.05) is 10.6 Å². The second-order valence-electron chi connectivity index (χ2n) is 4.43. The Morgan fingerprint density at radius 1 is 1.38 bits per heavy atom. The lowest BCUT2D eigenvalue weighted by Gasteiger charge is -2.13. The maximum Gasteiger partial charge on any atom is 0.234 e. The Morgan fingerprint density at radius 3 is 2.71 bits per heavy atom. The lowest BCUT2D eigenvalue weighted by molar-refractivity contribution is -0.115. The summed E-state index contributed by atoms with van der Waals surface area (Å²) in [5.74, 6) is 1.05. The maximum absolute atomic E-state index is 11.4. The number of hydrogen-bond donors (Lipinski definition) is 2. The Labute approximate surface area is 132 Å². The van der Waals surface area contributed by atoms with E-state index in [0.717, 1.165) is 4.88 Å². The third-order valence-electron chi connectivity index (χ3n) is 2.70. The van der Waals surface area contributed by atoms with Crippen molar-refractivity contribution < 1.29 is 4.79 Å². The van der Waals surface area contributed by atoms with Crippen LogP contribution in [0.15, 0.2) is 11.4 Å². The van der Waals surface area contributed by atoms with E-state index in [1.54, 1.807) is 25.2 Å². The lowest BCUT2D eigenvalue weighted by atomic mass is 10.3. The Kier molecular flexibility index (Phi) is 5.08. The minimum atomic E-state index is -0.138. The fraction of sp³-hybridized carbons (Fsp3) is 0.385. The van der Waals surface area contributed by atoms with Crippen molar-refractivity contribution in [3.8, 4) is 0 Å². The van der Waals surface area contributed by atoms with Gasteiger partial charge in [0.05, 0.1) is 11.1 Å². The molecule has 0 bridgehead atoms. The normalized spacial score (nSPS) is 12.0. The number of aryl methyl sites for hydroxylation is 1. The van der Waals surface area contributed by atoms with E-state index in [9.17, 15) is 4.79 Å². The molecule has 2 aromatic rings. The van der Waals surface area contributed by atoms with Crippen LogP contribution in [0.2, 0.25) is 5.02 Å². The first-order chi connectivity index (χ1) is 9.99. The first-order valence-corrected chi connectivity index (χ1v) is 7.77. The van der Waals surface area contributed by atoms with Crippen LogP contribution >= 0.6 is 22.9 Å². The maximum atomic E-state index is 11.4. The van der Waals surface area contributed by atoms with Crippen molar-refractivity contribution in [2.45, 2.75) is 33.2 Å². The molecule has 2 rings (SSSR count). The average molecular weight is 326 g/mol. The van der Waals surface area contributed by atoms with E-state index in [1.807, 2.05) is 18.4 Å². The Bertz CT molecular complexity index is 645. The Balaban J connectivity index is 2.16. The van der Waals surface area contributed by atoms with Crippen LogP contribution in [0.5, 0.6) is 0 Å². The molecule has 6 nitrogen and oxygen atoms in total. The third-order valence-corrected chi connectivity index (χ3v) is 4.24. The zero-order valence-electron chi connectivity index (χ0n) is 12.0. The van der Waals surface area contributed by atoms with Gasteiger partial charge in [-0.15, -0.1) is 11.3 Å². The molecule has 0 spiro atoms. The molecule has 0 aliphatic rings. The van der Waals surface area contributed by atoms with Gasteiger partial charge in [-0.3, -0.25) is 10.1 Å². The standard InChI is InChI=1S/C13H16ClN5OS/c1-4-10(20)18-13-17-8(3)16-12(19-13)15-7(2)11-9(14)5-6-21-11/h5-7H,4H2,1-3H3,(H2,15,16,17,18,19,20). The summed E-state index contributed by atoms with van der Waals surface area (Å²) in [6, 6.07) is 1.82. The number of anilines is 2. The summed E-state index contributed by atoms with van der Waals surface area (Å²) in [4.78, 5) is 24.9. The summed E-state index contributed by atoms with van der Waals surface area (Å²) >= 11 is 7.68. The number of halogens is 1. The van der Waals surface area contributed by atoms with Crippen LogP contribution in [0.3, 0.4) is 0 Å². The smallest absolute Gasteiger partial charge is 0.234 e. The molecule has 0 aliphatic heterocycles. The molecule has 2 N–H and O–H groups in total. The lowest BCUT2D eigenvalue weighted by Crippen LogP contribution is -2.16. The third kappa shape index (κ3) is 4.12. The van der Waals surface area contributed by atoms with Crippen molar-refractivity contribution in [3.05, 3.63) is 27.2 Å². The summed E-state index contributed by atoms with van der Waals surface area (Å²) < 4.78 is 0. The SMILES string of the molecule is CCC(=O)Nc1nc(C)nc(NC(C)c2sccc2Cl)n1. The van der Waals surface area contributed by atoms with Gasteiger partial charge in [0.15, 0.2) is 0 Å². The van der Waals surface area contributed by atoms with Gasteiger partial charge in [-0.2, -0.15) is 15.0 Å². The molecular formula is C13H16ClN5OS. The highest BCUT2D eigenvalue weighted by molar-refractivity contribution is 7.10. The summed E-state index contributed by atoms with van der Waals surface area (Å²) in [5.41, 5.74) is 0. The van der Waals surface area contributed by atoms with Gasteiger partial charge < -0.3 is 5.32 Å². The van der Waals surface area contributed by atoms with Crippen molar-refractivity contribution >= 4 is 40.7 Å². The predicted molar refractivity (Wildman–Crippen MR) is 84.9 cm³/mol. The number of rotatable bonds is 5. The molecule has 0 aromatic carbocycles. The highest BCUT2D eigenvalue weighted by atomic mass is 35.5. The molecule has 0 saturated carbocycles. The number of carbonyl (C=O) groups is 1. The first-order valence-electron chi connectivity index (χ1n) is 6.51. The summed E-state index contributed by atoms with van der Waals surface area (Å²) in [6.45, 7) is 5.49. The minimum absolute atomic E-state index is 0.0333. The molecule has 0 radical (unpaired) electrons.